The Labute approximate surface area is 114 Å². The maximum atomic E-state index is 12.2. The van der Waals surface area contributed by atoms with Crippen molar-refractivity contribution in [2.75, 3.05) is 33.4 Å². The lowest BCUT2D eigenvalue weighted by molar-refractivity contribution is -0.137. The Hall–Kier alpha value is -1.55. The summed E-state index contributed by atoms with van der Waals surface area (Å²) >= 11 is 0. The van der Waals surface area contributed by atoms with Crippen LogP contribution in [0, 0.1) is 5.92 Å². The molecule has 0 atom stereocenters. The number of hydrogen-bond acceptors (Lipinski definition) is 3. The van der Waals surface area contributed by atoms with Crippen molar-refractivity contribution in [1.29, 1.82) is 0 Å². The Morgan fingerprint density at radius 3 is 2.68 bits per heavy atom. The lowest BCUT2D eigenvalue weighted by atomic mass is 9.99. The third-order valence-electron chi connectivity index (χ3n) is 3.39. The lowest BCUT2D eigenvalue weighted by Crippen LogP contribution is -2.38. The number of benzene rings is 1. The minimum atomic E-state index is 0.121. The van der Waals surface area contributed by atoms with E-state index in [0.29, 0.717) is 26.4 Å². The molecule has 19 heavy (non-hydrogen) atoms. The summed E-state index contributed by atoms with van der Waals surface area (Å²) in [5.74, 6) is 1.17. The monoisotopic (exact) mass is 263 g/mol. The summed E-state index contributed by atoms with van der Waals surface area (Å²) in [6.45, 7) is 2.54. The highest BCUT2D eigenvalue weighted by Crippen LogP contribution is 2.17. The molecule has 1 aliphatic rings. The second-order valence-electron chi connectivity index (χ2n) is 4.81. The van der Waals surface area contributed by atoms with Gasteiger partial charge in [-0.05, 0) is 25.0 Å². The van der Waals surface area contributed by atoms with Crippen molar-refractivity contribution in [1.82, 2.24) is 4.90 Å². The molecule has 1 aromatic rings. The standard InChI is InChI=1S/C15H21NO3/c1-16(15(17)13-7-10-18-11-8-13)9-12-19-14-5-3-2-4-6-14/h2-6,13H,7-12H2,1H3. The minimum absolute atomic E-state index is 0.121. The van der Waals surface area contributed by atoms with E-state index in [4.69, 9.17) is 9.47 Å². The fourth-order valence-electron chi connectivity index (χ4n) is 2.18. The van der Waals surface area contributed by atoms with Gasteiger partial charge in [0.15, 0.2) is 0 Å². The van der Waals surface area contributed by atoms with Crippen LogP contribution in [-0.2, 0) is 9.53 Å². The van der Waals surface area contributed by atoms with E-state index in [-0.39, 0.29) is 11.8 Å². The first-order chi connectivity index (χ1) is 9.27. The molecule has 0 spiro atoms. The zero-order valence-electron chi connectivity index (χ0n) is 11.4. The van der Waals surface area contributed by atoms with Crippen LogP contribution in [0.25, 0.3) is 0 Å². The van der Waals surface area contributed by atoms with Crippen molar-refractivity contribution in [3.63, 3.8) is 0 Å². The predicted molar refractivity (Wildman–Crippen MR) is 73.1 cm³/mol. The second-order valence-corrected chi connectivity index (χ2v) is 4.81. The normalized spacial score (nSPS) is 16.1. The Bertz CT molecular complexity index is 388. The van der Waals surface area contributed by atoms with Gasteiger partial charge < -0.3 is 14.4 Å². The molecule has 1 fully saturated rings. The first-order valence-electron chi connectivity index (χ1n) is 6.78. The summed E-state index contributed by atoms with van der Waals surface area (Å²) in [6, 6.07) is 9.66. The largest absolute Gasteiger partial charge is 0.492 e. The average Bonchev–Trinajstić information content (AvgIpc) is 2.48. The van der Waals surface area contributed by atoms with Gasteiger partial charge in [0.1, 0.15) is 12.4 Å². The van der Waals surface area contributed by atoms with E-state index >= 15 is 0 Å². The number of nitrogens with zero attached hydrogens (tertiary/aromatic N) is 1. The van der Waals surface area contributed by atoms with Gasteiger partial charge in [0.25, 0.3) is 0 Å². The number of para-hydroxylation sites is 1. The molecule has 0 N–H and O–H groups in total. The van der Waals surface area contributed by atoms with Crippen molar-refractivity contribution in [2.45, 2.75) is 12.8 Å². The number of likely N-dealkylation sites (N-methyl/N-ethyl adjacent to an activating group) is 1. The van der Waals surface area contributed by atoms with E-state index in [0.717, 1.165) is 18.6 Å². The molecule has 2 rings (SSSR count). The molecule has 1 amide bonds. The summed E-state index contributed by atoms with van der Waals surface area (Å²) in [4.78, 5) is 13.9. The van der Waals surface area contributed by atoms with Gasteiger partial charge in [0.2, 0.25) is 5.91 Å². The van der Waals surface area contributed by atoms with Crippen LogP contribution in [0.2, 0.25) is 0 Å². The van der Waals surface area contributed by atoms with E-state index in [1.807, 2.05) is 37.4 Å². The molecule has 104 valence electrons. The number of carbonyl (C=O) groups is 1. The van der Waals surface area contributed by atoms with Crippen LogP contribution < -0.4 is 4.74 Å². The Morgan fingerprint density at radius 1 is 1.32 bits per heavy atom. The highest BCUT2D eigenvalue weighted by atomic mass is 16.5. The van der Waals surface area contributed by atoms with Gasteiger partial charge >= 0.3 is 0 Å². The van der Waals surface area contributed by atoms with Gasteiger partial charge in [0, 0.05) is 26.2 Å². The Morgan fingerprint density at radius 2 is 2.00 bits per heavy atom. The van der Waals surface area contributed by atoms with Crippen molar-refractivity contribution in [3.8, 4) is 5.75 Å². The van der Waals surface area contributed by atoms with Crippen LogP contribution in [0.15, 0.2) is 30.3 Å². The number of ether oxygens (including phenoxy) is 2. The smallest absolute Gasteiger partial charge is 0.225 e. The molecule has 4 nitrogen and oxygen atoms in total. The first kappa shape index (κ1) is 13.9. The number of carbonyl (C=O) groups excluding carboxylic acids is 1. The van der Waals surface area contributed by atoms with Gasteiger partial charge in [-0.3, -0.25) is 4.79 Å². The molecule has 1 aromatic carbocycles. The number of hydrogen-bond donors (Lipinski definition) is 0. The van der Waals surface area contributed by atoms with Gasteiger partial charge in [-0.25, -0.2) is 0 Å². The molecule has 1 aliphatic heterocycles. The highest BCUT2D eigenvalue weighted by molar-refractivity contribution is 5.78. The predicted octanol–water partition coefficient (Wildman–Crippen LogP) is 1.95. The zero-order chi connectivity index (χ0) is 13.5. The maximum absolute atomic E-state index is 12.2. The van der Waals surface area contributed by atoms with Crippen LogP contribution in [0.4, 0.5) is 0 Å². The highest BCUT2D eigenvalue weighted by Gasteiger charge is 2.24. The number of amides is 1. The number of rotatable bonds is 5. The second kappa shape index (κ2) is 7.14. The Balaban J connectivity index is 1.71. The molecule has 1 heterocycles. The molecule has 0 bridgehead atoms. The zero-order valence-corrected chi connectivity index (χ0v) is 11.4. The summed E-state index contributed by atoms with van der Waals surface area (Å²) in [5.41, 5.74) is 0. The van der Waals surface area contributed by atoms with Gasteiger partial charge in [0.05, 0.1) is 6.54 Å². The molecule has 0 aliphatic carbocycles. The Kier molecular flexibility index (Phi) is 5.21. The quantitative estimate of drug-likeness (QED) is 0.815. The molecule has 1 saturated heterocycles. The van der Waals surface area contributed by atoms with Gasteiger partial charge in [-0.2, -0.15) is 0 Å². The van der Waals surface area contributed by atoms with Crippen LogP contribution >= 0.6 is 0 Å². The first-order valence-corrected chi connectivity index (χ1v) is 6.78. The SMILES string of the molecule is CN(CCOc1ccccc1)C(=O)C1CCOCC1. The molecule has 0 aromatic heterocycles. The van der Waals surface area contributed by atoms with Crippen molar-refractivity contribution >= 4 is 5.91 Å². The topological polar surface area (TPSA) is 38.8 Å². The van der Waals surface area contributed by atoms with Crippen LogP contribution in [-0.4, -0.2) is 44.2 Å². The van der Waals surface area contributed by atoms with Gasteiger partial charge in [-0.15, -0.1) is 0 Å². The maximum Gasteiger partial charge on any atom is 0.225 e. The van der Waals surface area contributed by atoms with Crippen molar-refractivity contribution in [3.05, 3.63) is 30.3 Å². The lowest BCUT2D eigenvalue weighted by Gasteiger charge is -2.26. The summed E-state index contributed by atoms with van der Waals surface area (Å²) in [5, 5.41) is 0. The van der Waals surface area contributed by atoms with Crippen LogP contribution in [0.1, 0.15) is 12.8 Å². The molecule has 4 heteroatoms. The average molecular weight is 263 g/mol. The third kappa shape index (κ3) is 4.24. The van der Waals surface area contributed by atoms with E-state index in [2.05, 4.69) is 0 Å². The molecular formula is C15H21NO3. The molecular weight excluding hydrogens is 242 g/mol. The van der Waals surface area contributed by atoms with Crippen molar-refractivity contribution in [2.24, 2.45) is 5.92 Å². The third-order valence-corrected chi connectivity index (χ3v) is 3.39. The van der Waals surface area contributed by atoms with Crippen LogP contribution in [0.3, 0.4) is 0 Å². The van der Waals surface area contributed by atoms with Gasteiger partial charge in [-0.1, -0.05) is 18.2 Å². The van der Waals surface area contributed by atoms with E-state index in [9.17, 15) is 4.79 Å². The molecule has 0 radical (unpaired) electrons. The van der Waals surface area contributed by atoms with E-state index < -0.39 is 0 Å². The fourth-order valence-corrected chi connectivity index (χ4v) is 2.18. The molecule has 0 unspecified atom stereocenters. The van der Waals surface area contributed by atoms with E-state index in [1.165, 1.54) is 0 Å². The summed E-state index contributed by atoms with van der Waals surface area (Å²) in [7, 11) is 1.84. The van der Waals surface area contributed by atoms with Crippen LogP contribution in [0.5, 0.6) is 5.75 Å². The summed E-state index contributed by atoms with van der Waals surface area (Å²) in [6.07, 6.45) is 1.67. The fraction of sp³-hybridized carbons (Fsp3) is 0.533. The van der Waals surface area contributed by atoms with Crippen molar-refractivity contribution < 1.29 is 14.3 Å². The summed E-state index contributed by atoms with van der Waals surface area (Å²) < 4.78 is 10.9. The minimum Gasteiger partial charge on any atom is -0.492 e. The molecule has 0 saturated carbocycles. The van der Waals surface area contributed by atoms with E-state index in [1.54, 1.807) is 4.90 Å².